The molecule has 2 saturated heterocycles. The molecule has 0 radical (unpaired) electrons. The smallest absolute Gasteiger partial charge is 0.0116 e. The van der Waals surface area contributed by atoms with Gasteiger partial charge in [0.15, 0.2) is 0 Å². The van der Waals surface area contributed by atoms with E-state index in [0.717, 1.165) is 24.2 Å². The molecule has 0 aromatic heterocycles. The van der Waals surface area contributed by atoms with Gasteiger partial charge in [-0.3, -0.25) is 4.90 Å². The summed E-state index contributed by atoms with van der Waals surface area (Å²) in [4.78, 5) is 2.92. The Labute approximate surface area is 93.4 Å². The molecule has 1 N–H and O–H groups in total. The highest BCUT2D eigenvalue weighted by Crippen LogP contribution is 2.40. The van der Waals surface area contributed by atoms with Crippen LogP contribution in [0.2, 0.25) is 0 Å². The van der Waals surface area contributed by atoms with Crippen LogP contribution in [-0.4, -0.2) is 36.1 Å². The average molecular weight is 208 g/mol. The molecule has 0 aromatic rings. The van der Waals surface area contributed by atoms with Crippen molar-refractivity contribution in [3.05, 3.63) is 0 Å². The molecule has 2 aliphatic heterocycles. The number of fused-ring (bicyclic) bond motifs is 2. The molecule has 3 rings (SSSR count). The lowest BCUT2D eigenvalue weighted by Crippen LogP contribution is -2.51. The van der Waals surface area contributed by atoms with Crippen LogP contribution in [0.15, 0.2) is 0 Å². The molecule has 3 fully saturated rings. The molecule has 0 aromatic carbocycles. The van der Waals surface area contributed by atoms with E-state index in [9.17, 15) is 0 Å². The van der Waals surface area contributed by atoms with E-state index in [2.05, 4.69) is 17.3 Å². The molecule has 2 nitrogen and oxygen atoms in total. The summed E-state index contributed by atoms with van der Waals surface area (Å²) in [5.74, 6) is 0. The first-order chi connectivity index (χ1) is 7.38. The number of rotatable bonds is 2. The Bertz CT molecular complexity index is 209. The molecule has 1 aliphatic carbocycles. The number of nitrogens with zero attached hydrogens (tertiary/aromatic N) is 1. The molecule has 2 bridgehead atoms. The Morgan fingerprint density at radius 2 is 1.47 bits per heavy atom. The van der Waals surface area contributed by atoms with E-state index in [1.165, 1.54) is 51.4 Å². The molecular weight excluding hydrogens is 184 g/mol. The van der Waals surface area contributed by atoms with Crippen molar-refractivity contribution >= 4 is 0 Å². The number of nitrogens with one attached hydrogen (secondary N) is 1. The van der Waals surface area contributed by atoms with Crippen LogP contribution in [0.25, 0.3) is 0 Å². The monoisotopic (exact) mass is 208 g/mol. The van der Waals surface area contributed by atoms with Gasteiger partial charge in [-0.25, -0.2) is 0 Å². The quantitative estimate of drug-likeness (QED) is 0.748. The highest BCUT2D eigenvalue weighted by molar-refractivity contribution is 5.00. The van der Waals surface area contributed by atoms with Gasteiger partial charge in [-0.05, 0) is 45.6 Å². The van der Waals surface area contributed by atoms with Crippen molar-refractivity contribution in [3.8, 4) is 0 Å². The molecule has 86 valence electrons. The minimum Gasteiger partial charge on any atom is -0.317 e. The van der Waals surface area contributed by atoms with Gasteiger partial charge in [0.25, 0.3) is 0 Å². The summed E-state index contributed by atoms with van der Waals surface area (Å²) >= 11 is 0. The van der Waals surface area contributed by atoms with Gasteiger partial charge >= 0.3 is 0 Å². The Morgan fingerprint density at radius 1 is 0.867 bits per heavy atom. The topological polar surface area (TPSA) is 15.3 Å². The minimum absolute atomic E-state index is 0.806. The van der Waals surface area contributed by atoms with E-state index in [4.69, 9.17) is 0 Å². The Hall–Kier alpha value is -0.0800. The third-order valence-electron chi connectivity index (χ3n) is 4.94. The molecule has 0 amide bonds. The van der Waals surface area contributed by atoms with E-state index in [1.54, 1.807) is 0 Å². The molecule has 15 heavy (non-hydrogen) atoms. The van der Waals surface area contributed by atoms with E-state index in [-0.39, 0.29) is 0 Å². The molecule has 0 spiro atoms. The SMILES string of the molecule is CNC1CC2CCC(C1)N2C1CCCC1. The molecule has 2 heterocycles. The maximum Gasteiger partial charge on any atom is 0.0116 e. The zero-order valence-corrected chi connectivity index (χ0v) is 9.91. The van der Waals surface area contributed by atoms with Crippen molar-refractivity contribution < 1.29 is 0 Å². The fourth-order valence-electron chi connectivity index (χ4n) is 4.25. The van der Waals surface area contributed by atoms with Gasteiger partial charge in [0.05, 0.1) is 0 Å². The lowest BCUT2D eigenvalue weighted by Gasteiger charge is -2.42. The zero-order chi connectivity index (χ0) is 10.3. The standard InChI is InChI=1S/C13H24N2/c1-14-10-8-12-6-7-13(9-10)15(12)11-4-2-3-5-11/h10-14H,2-9H2,1H3. The molecule has 2 unspecified atom stereocenters. The van der Waals surface area contributed by atoms with Crippen molar-refractivity contribution in [1.82, 2.24) is 10.2 Å². The largest absolute Gasteiger partial charge is 0.317 e. The Balaban J connectivity index is 1.70. The summed E-state index contributed by atoms with van der Waals surface area (Å²) < 4.78 is 0. The first-order valence-electron chi connectivity index (χ1n) is 6.83. The molecule has 2 heteroatoms. The van der Waals surface area contributed by atoms with Crippen LogP contribution < -0.4 is 5.32 Å². The summed E-state index contributed by atoms with van der Waals surface area (Å²) in [6, 6.07) is 3.61. The second-order valence-corrected chi connectivity index (χ2v) is 5.73. The van der Waals surface area contributed by atoms with Gasteiger partial charge in [-0.15, -0.1) is 0 Å². The highest BCUT2D eigenvalue weighted by Gasteiger charge is 2.43. The Morgan fingerprint density at radius 3 is 2.00 bits per heavy atom. The van der Waals surface area contributed by atoms with Crippen molar-refractivity contribution in [1.29, 1.82) is 0 Å². The summed E-state index contributed by atoms with van der Waals surface area (Å²) in [7, 11) is 2.13. The van der Waals surface area contributed by atoms with Crippen molar-refractivity contribution in [2.24, 2.45) is 0 Å². The second-order valence-electron chi connectivity index (χ2n) is 5.73. The molecule has 3 aliphatic rings. The summed E-state index contributed by atoms with van der Waals surface area (Å²) in [5.41, 5.74) is 0. The normalized spacial score (nSPS) is 42.6. The van der Waals surface area contributed by atoms with E-state index in [0.29, 0.717) is 0 Å². The van der Waals surface area contributed by atoms with E-state index in [1.807, 2.05) is 0 Å². The minimum atomic E-state index is 0.806. The Kier molecular flexibility index (Phi) is 2.73. The molecule has 2 atom stereocenters. The lowest BCUT2D eigenvalue weighted by atomic mass is 9.95. The van der Waals surface area contributed by atoms with Crippen molar-refractivity contribution in [2.45, 2.75) is 75.5 Å². The predicted octanol–water partition coefficient (Wildman–Crippen LogP) is 2.14. The maximum absolute atomic E-state index is 3.49. The second kappa shape index (κ2) is 4.06. The van der Waals surface area contributed by atoms with Crippen LogP contribution in [0.4, 0.5) is 0 Å². The highest BCUT2D eigenvalue weighted by atomic mass is 15.3. The summed E-state index contributed by atoms with van der Waals surface area (Å²) in [5, 5.41) is 3.49. The van der Waals surface area contributed by atoms with Crippen LogP contribution in [0.1, 0.15) is 51.4 Å². The number of piperidine rings is 1. The van der Waals surface area contributed by atoms with E-state index < -0.39 is 0 Å². The van der Waals surface area contributed by atoms with Gasteiger partial charge < -0.3 is 5.32 Å². The summed E-state index contributed by atoms with van der Waals surface area (Å²) in [6.45, 7) is 0. The van der Waals surface area contributed by atoms with Crippen molar-refractivity contribution in [3.63, 3.8) is 0 Å². The average Bonchev–Trinajstić information content (AvgIpc) is 2.84. The van der Waals surface area contributed by atoms with Gasteiger partial charge in [0.2, 0.25) is 0 Å². The van der Waals surface area contributed by atoms with Gasteiger partial charge in [0, 0.05) is 24.2 Å². The fourth-order valence-corrected chi connectivity index (χ4v) is 4.25. The third-order valence-corrected chi connectivity index (χ3v) is 4.94. The number of hydrogen-bond acceptors (Lipinski definition) is 2. The third kappa shape index (κ3) is 1.72. The number of hydrogen-bond donors (Lipinski definition) is 1. The van der Waals surface area contributed by atoms with Gasteiger partial charge in [-0.2, -0.15) is 0 Å². The van der Waals surface area contributed by atoms with Crippen LogP contribution in [0, 0.1) is 0 Å². The first kappa shape index (κ1) is 10.1. The molecular formula is C13H24N2. The summed E-state index contributed by atoms with van der Waals surface area (Å²) in [6.07, 6.45) is 11.7. The lowest BCUT2D eigenvalue weighted by molar-refractivity contribution is 0.0739. The predicted molar refractivity (Wildman–Crippen MR) is 63.0 cm³/mol. The van der Waals surface area contributed by atoms with Crippen LogP contribution in [-0.2, 0) is 0 Å². The van der Waals surface area contributed by atoms with Crippen LogP contribution >= 0.6 is 0 Å². The fraction of sp³-hybridized carbons (Fsp3) is 1.00. The maximum atomic E-state index is 3.49. The van der Waals surface area contributed by atoms with Gasteiger partial charge in [-0.1, -0.05) is 12.8 Å². The first-order valence-corrected chi connectivity index (χ1v) is 6.83. The van der Waals surface area contributed by atoms with Gasteiger partial charge in [0.1, 0.15) is 0 Å². The van der Waals surface area contributed by atoms with Crippen LogP contribution in [0.3, 0.4) is 0 Å². The zero-order valence-electron chi connectivity index (χ0n) is 9.91. The molecule has 1 saturated carbocycles. The van der Waals surface area contributed by atoms with Crippen LogP contribution in [0.5, 0.6) is 0 Å². The van der Waals surface area contributed by atoms with E-state index >= 15 is 0 Å². The van der Waals surface area contributed by atoms with Crippen molar-refractivity contribution in [2.75, 3.05) is 7.05 Å².